The second kappa shape index (κ2) is 6.39. The van der Waals surface area contributed by atoms with Crippen LogP contribution in [0.25, 0.3) is 0 Å². The molecular weight excluding hydrogens is 264 g/mol. The van der Waals surface area contributed by atoms with E-state index in [-0.39, 0.29) is 5.56 Å². The fourth-order valence-electron chi connectivity index (χ4n) is 2.10. The number of hydrogen-bond acceptors (Lipinski definition) is 3. The maximum absolute atomic E-state index is 11.0. The molecule has 2 aromatic rings. The number of hydrogen-bond donors (Lipinski definition) is 2. The van der Waals surface area contributed by atoms with Crippen LogP contribution in [-0.4, -0.2) is 16.1 Å². The number of nitrogens with one attached hydrogen (secondary N) is 1. The van der Waals surface area contributed by atoms with E-state index in [1.807, 2.05) is 0 Å². The predicted octanol–water partition coefficient (Wildman–Crippen LogP) is 3.82. The lowest BCUT2D eigenvalue weighted by Crippen LogP contribution is -2.05. The molecule has 2 N–H and O–H groups in total. The minimum Gasteiger partial charge on any atom is -0.478 e. The number of nitrogens with zero attached hydrogens (tertiary/aromatic N) is 1. The van der Waals surface area contributed by atoms with Crippen LogP contribution in [0.2, 0.25) is 0 Å². The Bertz CT molecular complexity index is 634. The standard InChI is InChI=1S/C17H20N2O2/c1-11(2)14-6-4-13(5-7-14)10-18-16-9-15(17(20)21)8-12(3)19-16/h4-9,11H,10H2,1-3H3,(H,18,19)(H,20,21). The lowest BCUT2D eigenvalue weighted by Gasteiger charge is -2.09. The van der Waals surface area contributed by atoms with Gasteiger partial charge in [-0.1, -0.05) is 38.1 Å². The first-order valence-electron chi connectivity index (χ1n) is 7.00. The van der Waals surface area contributed by atoms with Gasteiger partial charge in [-0.15, -0.1) is 0 Å². The highest BCUT2D eigenvalue weighted by Crippen LogP contribution is 2.16. The molecule has 1 aromatic carbocycles. The molecule has 0 unspecified atom stereocenters. The molecule has 2 rings (SSSR count). The van der Waals surface area contributed by atoms with Crippen molar-refractivity contribution in [2.75, 3.05) is 5.32 Å². The first kappa shape index (κ1) is 15.0. The average molecular weight is 284 g/mol. The number of rotatable bonds is 5. The second-order valence-corrected chi connectivity index (χ2v) is 5.44. The molecule has 0 radical (unpaired) electrons. The van der Waals surface area contributed by atoms with Gasteiger partial charge in [-0.05, 0) is 36.1 Å². The minimum atomic E-state index is -0.940. The number of carboxylic acids is 1. The molecule has 0 aliphatic heterocycles. The van der Waals surface area contributed by atoms with Gasteiger partial charge in [-0.25, -0.2) is 9.78 Å². The van der Waals surface area contributed by atoms with Gasteiger partial charge in [0.1, 0.15) is 5.82 Å². The van der Waals surface area contributed by atoms with Gasteiger partial charge in [0.2, 0.25) is 0 Å². The molecule has 0 spiro atoms. The summed E-state index contributed by atoms with van der Waals surface area (Å²) in [4.78, 5) is 15.3. The van der Waals surface area contributed by atoms with Gasteiger partial charge in [0.05, 0.1) is 5.56 Å². The smallest absolute Gasteiger partial charge is 0.335 e. The summed E-state index contributed by atoms with van der Waals surface area (Å²) in [5.74, 6) is 0.161. The number of pyridine rings is 1. The summed E-state index contributed by atoms with van der Waals surface area (Å²) in [7, 11) is 0. The summed E-state index contributed by atoms with van der Waals surface area (Å²) in [6.07, 6.45) is 0. The quantitative estimate of drug-likeness (QED) is 0.876. The summed E-state index contributed by atoms with van der Waals surface area (Å²) in [5.41, 5.74) is 3.38. The largest absolute Gasteiger partial charge is 0.478 e. The number of anilines is 1. The van der Waals surface area contributed by atoms with Crippen molar-refractivity contribution in [1.29, 1.82) is 0 Å². The van der Waals surface area contributed by atoms with Gasteiger partial charge in [-0.2, -0.15) is 0 Å². The molecule has 0 atom stereocenters. The highest BCUT2D eigenvalue weighted by molar-refractivity contribution is 5.88. The Balaban J connectivity index is 2.07. The van der Waals surface area contributed by atoms with Crippen LogP contribution in [0.3, 0.4) is 0 Å². The van der Waals surface area contributed by atoms with Crippen LogP contribution in [0, 0.1) is 6.92 Å². The monoisotopic (exact) mass is 284 g/mol. The van der Waals surface area contributed by atoms with Crippen molar-refractivity contribution >= 4 is 11.8 Å². The first-order valence-corrected chi connectivity index (χ1v) is 7.00. The predicted molar refractivity (Wildman–Crippen MR) is 83.8 cm³/mol. The van der Waals surface area contributed by atoms with Crippen molar-refractivity contribution in [3.8, 4) is 0 Å². The Hall–Kier alpha value is -2.36. The third-order valence-electron chi connectivity index (χ3n) is 3.32. The van der Waals surface area contributed by atoms with E-state index in [1.54, 1.807) is 19.1 Å². The molecule has 1 heterocycles. The van der Waals surface area contributed by atoms with Crippen molar-refractivity contribution in [2.24, 2.45) is 0 Å². The lowest BCUT2D eigenvalue weighted by molar-refractivity contribution is 0.0696. The topological polar surface area (TPSA) is 62.2 Å². The van der Waals surface area contributed by atoms with Crippen molar-refractivity contribution in [1.82, 2.24) is 4.98 Å². The second-order valence-electron chi connectivity index (χ2n) is 5.44. The summed E-state index contributed by atoms with van der Waals surface area (Å²) >= 11 is 0. The number of aryl methyl sites for hydroxylation is 1. The van der Waals surface area contributed by atoms with Crippen LogP contribution in [0.4, 0.5) is 5.82 Å². The molecule has 110 valence electrons. The number of benzene rings is 1. The van der Waals surface area contributed by atoms with Crippen LogP contribution < -0.4 is 5.32 Å². The summed E-state index contributed by atoms with van der Waals surface area (Å²) in [6, 6.07) is 11.5. The van der Waals surface area contributed by atoms with Gasteiger partial charge < -0.3 is 10.4 Å². The third-order valence-corrected chi connectivity index (χ3v) is 3.32. The fourth-order valence-corrected chi connectivity index (χ4v) is 2.10. The molecule has 0 fully saturated rings. The van der Waals surface area contributed by atoms with Crippen LogP contribution in [0.5, 0.6) is 0 Å². The van der Waals surface area contributed by atoms with E-state index in [0.717, 1.165) is 5.56 Å². The lowest BCUT2D eigenvalue weighted by atomic mass is 10.0. The van der Waals surface area contributed by atoms with E-state index in [1.165, 1.54) is 5.56 Å². The number of carbonyl (C=O) groups is 1. The number of carboxylic acid groups (broad SMARTS) is 1. The van der Waals surface area contributed by atoms with Crippen LogP contribution in [0.1, 0.15) is 46.9 Å². The van der Waals surface area contributed by atoms with Gasteiger partial charge in [0.15, 0.2) is 0 Å². The molecule has 0 saturated carbocycles. The molecule has 0 bridgehead atoms. The van der Waals surface area contributed by atoms with Gasteiger partial charge >= 0.3 is 5.97 Å². The van der Waals surface area contributed by atoms with Crippen molar-refractivity contribution in [2.45, 2.75) is 33.2 Å². The Labute approximate surface area is 124 Å². The zero-order valence-electron chi connectivity index (χ0n) is 12.6. The Morgan fingerprint density at radius 2 is 1.90 bits per heavy atom. The third kappa shape index (κ3) is 4.05. The van der Waals surface area contributed by atoms with E-state index in [0.29, 0.717) is 24.0 Å². The summed E-state index contributed by atoms with van der Waals surface area (Å²) in [6.45, 7) is 6.73. The average Bonchev–Trinajstić information content (AvgIpc) is 2.45. The summed E-state index contributed by atoms with van der Waals surface area (Å²) < 4.78 is 0. The van der Waals surface area contributed by atoms with Crippen LogP contribution in [0.15, 0.2) is 36.4 Å². The molecule has 1 aromatic heterocycles. The number of aromatic nitrogens is 1. The molecular formula is C17H20N2O2. The zero-order valence-corrected chi connectivity index (χ0v) is 12.6. The van der Waals surface area contributed by atoms with E-state index >= 15 is 0 Å². The van der Waals surface area contributed by atoms with Gasteiger partial charge in [0.25, 0.3) is 0 Å². The van der Waals surface area contributed by atoms with Crippen molar-refractivity contribution < 1.29 is 9.90 Å². The first-order chi connectivity index (χ1) is 9.95. The Kier molecular flexibility index (Phi) is 4.58. The molecule has 4 nitrogen and oxygen atoms in total. The SMILES string of the molecule is Cc1cc(C(=O)O)cc(NCc2ccc(C(C)C)cc2)n1. The molecule has 0 aliphatic rings. The Morgan fingerprint density at radius 1 is 1.24 bits per heavy atom. The molecule has 0 aliphatic carbocycles. The fraction of sp³-hybridized carbons (Fsp3) is 0.294. The minimum absolute atomic E-state index is 0.250. The van der Waals surface area contributed by atoms with Crippen LogP contribution >= 0.6 is 0 Å². The maximum Gasteiger partial charge on any atom is 0.335 e. The van der Waals surface area contributed by atoms with Crippen molar-refractivity contribution in [3.63, 3.8) is 0 Å². The molecule has 21 heavy (non-hydrogen) atoms. The van der Waals surface area contributed by atoms with Crippen molar-refractivity contribution in [3.05, 3.63) is 58.8 Å². The highest BCUT2D eigenvalue weighted by atomic mass is 16.4. The van der Waals surface area contributed by atoms with E-state index in [9.17, 15) is 4.79 Å². The van der Waals surface area contributed by atoms with Gasteiger partial charge in [-0.3, -0.25) is 0 Å². The van der Waals surface area contributed by atoms with E-state index in [4.69, 9.17) is 5.11 Å². The molecule has 0 saturated heterocycles. The van der Waals surface area contributed by atoms with E-state index < -0.39 is 5.97 Å². The number of aromatic carboxylic acids is 1. The van der Waals surface area contributed by atoms with Gasteiger partial charge in [0, 0.05) is 12.2 Å². The molecule has 4 heteroatoms. The molecule has 0 amide bonds. The highest BCUT2D eigenvalue weighted by Gasteiger charge is 2.06. The van der Waals surface area contributed by atoms with E-state index in [2.05, 4.69) is 48.4 Å². The normalized spacial score (nSPS) is 10.7. The van der Waals surface area contributed by atoms with Crippen LogP contribution in [-0.2, 0) is 6.54 Å². The zero-order chi connectivity index (χ0) is 15.4. The summed E-state index contributed by atoms with van der Waals surface area (Å²) in [5, 5.41) is 12.2. The Morgan fingerprint density at radius 3 is 2.48 bits per heavy atom. The maximum atomic E-state index is 11.0.